The fourth-order valence-corrected chi connectivity index (χ4v) is 6.01. The molecule has 0 saturated carbocycles. The number of carbonyl (C=O) groups is 2. The van der Waals surface area contributed by atoms with Gasteiger partial charge < -0.3 is 19.1 Å². The Morgan fingerprint density at radius 3 is 2.42 bits per heavy atom. The number of nitrogens with one attached hydrogen (secondary N) is 1. The van der Waals surface area contributed by atoms with E-state index < -0.39 is 28.1 Å². The highest BCUT2D eigenvalue weighted by atomic mass is 32.2. The Morgan fingerprint density at radius 2 is 1.77 bits per heavy atom. The van der Waals surface area contributed by atoms with Crippen molar-refractivity contribution in [2.75, 3.05) is 19.7 Å². The van der Waals surface area contributed by atoms with Gasteiger partial charge in [-0.15, -0.1) is 13.2 Å². The quantitative estimate of drug-likeness (QED) is 0.213. The lowest BCUT2D eigenvalue weighted by Gasteiger charge is -2.27. The maximum Gasteiger partial charge on any atom is 0.573 e. The highest BCUT2D eigenvalue weighted by molar-refractivity contribution is 7.89. The number of carbonyl (C=O) groups excluding carboxylic acids is 2. The third-order valence-corrected chi connectivity index (χ3v) is 8.00. The van der Waals surface area contributed by atoms with Crippen LogP contribution in [0.1, 0.15) is 75.4 Å². The molecule has 9 nitrogen and oxygen atoms in total. The van der Waals surface area contributed by atoms with E-state index >= 15 is 0 Å². The van der Waals surface area contributed by atoms with Crippen molar-refractivity contribution in [3.8, 4) is 11.5 Å². The first-order valence-corrected chi connectivity index (χ1v) is 15.6. The number of ether oxygens (including phenoxy) is 3. The number of alkyl halides is 3. The van der Waals surface area contributed by atoms with Gasteiger partial charge in [0.25, 0.3) is 0 Å². The molecule has 2 aromatic carbocycles. The zero-order chi connectivity index (χ0) is 32.0. The number of hydrogen-bond acceptors (Lipinski definition) is 7. The maximum atomic E-state index is 13.1. The van der Waals surface area contributed by atoms with Crippen LogP contribution in [-0.2, 0) is 27.6 Å². The number of unbranched alkanes of at least 4 members (excludes halogenated alkanes) is 1. The molecular formula is C30H39F3N2O7S. The van der Waals surface area contributed by atoms with Gasteiger partial charge in [-0.1, -0.05) is 18.2 Å². The summed E-state index contributed by atoms with van der Waals surface area (Å²) in [5, 5.41) is 0. The van der Waals surface area contributed by atoms with E-state index in [4.69, 9.17) is 9.47 Å². The van der Waals surface area contributed by atoms with E-state index in [1.807, 2.05) is 0 Å². The highest BCUT2D eigenvalue weighted by Crippen LogP contribution is 2.35. The molecule has 0 aliphatic carbocycles. The average molecular weight is 629 g/mol. The van der Waals surface area contributed by atoms with Crippen LogP contribution >= 0.6 is 0 Å². The molecule has 1 aliphatic rings. The summed E-state index contributed by atoms with van der Waals surface area (Å²) >= 11 is 0. The topological polar surface area (TPSA) is 111 Å². The Kier molecular flexibility index (Phi) is 11.1. The molecule has 3 rings (SSSR count). The molecule has 43 heavy (non-hydrogen) atoms. The number of rotatable bonds is 13. The molecule has 1 amide bonds. The number of ketones is 1. The van der Waals surface area contributed by atoms with Crippen molar-refractivity contribution < 1.29 is 45.4 Å². The van der Waals surface area contributed by atoms with Crippen LogP contribution in [0, 0.1) is 0 Å². The third-order valence-electron chi connectivity index (χ3n) is 6.33. The van der Waals surface area contributed by atoms with Crippen LogP contribution in [0.25, 0.3) is 0 Å². The number of Topliss-reactive ketones (excluding diaryl/α,β-unsaturated/α-hetero) is 1. The Hall–Kier alpha value is -3.32. The lowest BCUT2D eigenvalue weighted by Crippen LogP contribution is -2.38. The largest absolute Gasteiger partial charge is 0.573 e. The molecule has 238 valence electrons. The first-order chi connectivity index (χ1) is 19.9. The number of fused-ring (bicyclic) bond motifs is 1. The van der Waals surface area contributed by atoms with Crippen molar-refractivity contribution in [1.82, 2.24) is 9.62 Å². The second-order valence-electron chi connectivity index (χ2n) is 11.6. The van der Waals surface area contributed by atoms with Gasteiger partial charge in [0.1, 0.15) is 22.0 Å². The molecular weight excluding hydrogens is 589 g/mol. The van der Waals surface area contributed by atoms with Gasteiger partial charge in [0.05, 0.1) is 6.61 Å². The Balaban J connectivity index is 1.67. The van der Waals surface area contributed by atoms with Crippen molar-refractivity contribution in [2.45, 2.75) is 89.6 Å². The van der Waals surface area contributed by atoms with E-state index in [9.17, 15) is 31.2 Å². The van der Waals surface area contributed by atoms with Crippen molar-refractivity contribution >= 4 is 21.9 Å². The number of benzene rings is 2. The van der Waals surface area contributed by atoms with Crippen molar-refractivity contribution in [2.24, 2.45) is 0 Å². The third kappa shape index (κ3) is 10.4. The molecule has 1 heterocycles. The summed E-state index contributed by atoms with van der Waals surface area (Å²) in [5.41, 5.74) is 0.406. The van der Waals surface area contributed by atoms with Crippen LogP contribution < -0.4 is 14.2 Å². The summed E-state index contributed by atoms with van der Waals surface area (Å²) in [7, 11) is -3.90. The van der Waals surface area contributed by atoms with Crippen LogP contribution in [-0.4, -0.2) is 62.9 Å². The number of nitrogens with zero attached hydrogens (tertiary/aromatic N) is 1. The number of sulfonamides is 1. The van der Waals surface area contributed by atoms with Gasteiger partial charge >= 0.3 is 12.5 Å². The molecule has 0 atom stereocenters. The lowest BCUT2D eigenvalue weighted by atomic mass is 10.0. The van der Waals surface area contributed by atoms with Crippen LogP contribution in [0.3, 0.4) is 0 Å². The predicted molar refractivity (Wildman–Crippen MR) is 154 cm³/mol. The number of para-hydroxylation sites is 1. The van der Waals surface area contributed by atoms with E-state index in [1.54, 1.807) is 46.8 Å². The number of halogens is 3. The standard InChI is InChI=1S/C30H39F3N2O7S/c1-20(2)34-43(38,39)26-19-23(18-22-14-17-40-27(22)26)24(36)11-8-9-15-35(28(37)42-29(3,4)5)16-13-21-10-6-7-12-25(21)41-30(31,32)33/h6-7,10,12,18-20,34H,8-9,11,13-17H2,1-5H3. The normalized spacial score (nSPS) is 13.4. The van der Waals surface area contributed by atoms with E-state index in [1.165, 1.54) is 29.2 Å². The van der Waals surface area contributed by atoms with Gasteiger partial charge in [-0.3, -0.25) is 4.79 Å². The summed E-state index contributed by atoms with van der Waals surface area (Å²) in [6.07, 6.45) is -4.02. The molecule has 0 aromatic heterocycles. The van der Waals surface area contributed by atoms with Crippen molar-refractivity contribution in [1.29, 1.82) is 0 Å². The monoisotopic (exact) mass is 628 g/mol. The molecule has 0 radical (unpaired) electrons. The minimum absolute atomic E-state index is 0.0644. The molecule has 1 N–H and O–H groups in total. The maximum absolute atomic E-state index is 13.1. The van der Waals surface area contributed by atoms with E-state index in [0.717, 1.165) is 0 Å². The molecule has 0 bridgehead atoms. The van der Waals surface area contributed by atoms with E-state index in [0.29, 0.717) is 31.4 Å². The van der Waals surface area contributed by atoms with Gasteiger partial charge in [0.15, 0.2) is 5.78 Å². The summed E-state index contributed by atoms with van der Waals surface area (Å²) in [6, 6.07) is 8.38. The fraction of sp³-hybridized carbons (Fsp3) is 0.533. The summed E-state index contributed by atoms with van der Waals surface area (Å²) < 4.78 is 82.1. The Morgan fingerprint density at radius 1 is 1.07 bits per heavy atom. The minimum atomic E-state index is -4.85. The van der Waals surface area contributed by atoms with Gasteiger partial charge in [0, 0.05) is 37.5 Å². The van der Waals surface area contributed by atoms with Gasteiger partial charge in [-0.05, 0) is 83.2 Å². The van der Waals surface area contributed by atoms with Crippen molar-refractivity contribution in [3.05, 3.63) is 53.1 Å². The Labute approximate surface area is 250 Å². The molecule has 0 spiro atoms. The Bertz CT molecular complexity index is 1400. The molecule has 13 heteroatoms. The molecule has 2 aromatic rings. The van der Waals surface area contributed by atoms with Gasteiger partial charge in [-0.2, -0.15) is 0 Å². The van der Waals surface area contributed by atoms with Crippen LogP contribution in [0.4, 0.5) is 18.0 Å². The first-order valence-electron chi connectivity index (χ1n) is 14.1. The smallest absolute Gasteiger partial charge is 0.492 e. The van der Waals surface area contributed by atoms with Crippen molar-refractivity contribution in [3.63, 3.8) is 0 Å². The van der Waals surface area contributed by atoms with Gasteiger partial charge in [0.2, 0.25) is 10.0 Å². The SMILES string of the molecule is CC(C)NS(=O)(=O)c1cc(C(=O)CCCCN(CCc2ccccc2OC(F)(F)F)C(=O)OC(C)(C)C)cc2c1OCC2. The van der Waals surface area contributed by atoms with E-state index in [2.05, 4.69) is 9.46 Å². The zero-order valence-electron chi connectivity index (χ0n) is 25.0. The summed E-state index contributed by atoms with van der Waals surface area (Å²) in [4.78, 5) is 27.4. The van der Waals surface area contributed by atoms with Gasteiger partial charge in [-0.25, -0.2) is 17.9 Å². The van der Waals surface area contributed by atoms with Crippen LogP contribution in [0.15, 0.2) is 41.3 Å². The molecule has 0 saturated heterocycles. The average Bonchev–Trinajstić information content (AvgIpc) is 3.34. The predicted octanol–water partition coefficient (Wildman–Crippen LogP) is 6.04. The second-order valence-corrected chi connectivity index (χ2v) is 13.3. The molecule has 0 fully saturated rings. The number of hydrogen-bond donors (Lipinski definition) is 1. The summed E-state index contributed by atoms with van der Waals surface area (Å²) in [6.45, 7) is 9.11. The second kappa shape index (κ2) is 14.0. The first kappa shape index (κ1) is 34.2. The lowest BCUT2D eigenvalue weighted by molar-refractivity contribution is -0.274. The molecule has 1 aliphatic heterocycles. The zero-order valence-corrected chi connectivity index (χ0v) is 25.9. The van der Waals surface area contributed by atoms with E-state index in [-0.39, 0.29) is 65.3 Å². The van der Waals surface area contributed by atoms with Crippen LogP contribution in [0.2, 0.25) is 0 Å². The summed E-state index contributed by atoms with van der Waals surface area (Å²) in [5.74, 6) is -0.327. The fourth-order valence-electron chi connectivity index (χ4n) is 4.55. The number of amides is 1. The molecule has 0 unspecified atom stereocenters. The minimum Gasteiger partial charge on any atom is -0.492 e. The highest BCUT2D eigenvalue weighted by Gasteiger charge is 2.32. The van der Waals surface area contributed by atoms with Crippen LogP contribution in [0.5, 0.6) is 11.5 Å².